The van der Waals surface area contributed by atoms with E-state index in [1.54, 1.807) is 6.33 Å². The van der Waals surface area contributed by atoms with Crippen LogP contribution in [0.25, 0.3) is 0 Å². The number of methoxy groups -OCH3 is 1. The van der Waals surface area contributed by atoms with Crippen molar-refractivity contribution in [2.24, 2.45) is 0 Å². The average Bonchev–Trinajstić information content (AvgIpc) is 3.03. The first-order valence-corrected chi connectivity index (χ1v) is 17.2. The number of rotatable bonds is 9. The van der Waals surface area contributed by atoms with Crippen molar-refractivity contribution in [3.8, 4) is 0 Å². The molecule has 4 aromatic carbocycles. The van der Waals surface area contributed by atoms with Crippen molar-refractivity contribution in [2.75, 3.05) is 18.2 Å². The van der Waals surface area contributed by atoms with Crippen molar-refractivity contribution in [1.29, 1.82) is 0 Å². The first-order chi connectivity index (χ1) is 21.1. The molecule has 0 aliphatic carbocycles. The topological polar surface area (TPSA) is 156 Å². The minimum absolute atomic E-state index is 0.142. The lowest BCUT2D eigenvalue weighted by Gasteiger charge is -2.40. The van der Waals surface area contributed by atoms with Crippen LogP contribution in [0.1, 0.15) is 5.56 Å². The number of nitrogens with zero attached hydrogens (tertiary/aromatic N) is 2. The predicted molar refractivity (Wildman–Crippen MR) is 164 cm³/mol. The molecule has 227 valence electrons. The van der Waals surface area contributed by atoms with E-state index in [1.165, 1.54) is 40.3 Å². The van der Waals surface area contributed by atoms with Gasteiger partial charge in [-0.1, -0.05) is 120 Å². The molecule has 0 aliphatic rings. The summed E-state index contributed by atoms with van der Waals surface area (Å²) in [6.45, 7) is 2.07. The van der Waals surface area contributed by atoms with Crippen molar-refractivity contribution < 1.29 is 38.4 Å². The number of hydrogen-bond acceptors (Lipinski definition) is 10. The van der Waals surface area contributed by atoms with Gasteiger partial charge in [0.15, 0.2) is 0 Å². The zero-order chi connectivity index (χ0) is 31.6. The molecule has 0 saturated heterocycles. The lowest BCUT2D eigenvalue weighted by molar-refractivity contribution is -2.00. The molecule has 5 rings (SSSR count). The number of anilines is 2. The van der Waals surface area contributed by atoms with E-state index in [1.807, 2.05) is 18.2 Å². The molecule has 44 heavy (non-hydrogen) atoms. The molecule has 1 aromatic heterocycles. The molecule has 0 atom stereocenters. The minimum atomic E-state index is -4.94. The summed E-state index contributed by atoms with van der Waals surface area (Å²) in [5.41, 5.74) is 2.11. The Labute approximate surface area is 262 Å². The smallest absolute Gasteiger partial charge is 0.316 e. The highest BCUT2D eigenvalue weighted by Gasteiger charge is 2.41. The van der Waals surface area contributed by atoms with Gasteiger partial charge in [0.05, 0.1) is 18.2 Å². The molecule has 0 bridgehead atoms. The third-order valence-corrected chi connectivity index (χ3v) is 11.9. The second-order valence-corrected chi connectivity index (χ2v) is 14.3. The van der Waals surface area contributed by atoms with Gasteiger partial charge in [-0.3, -0.25) is 4.79 Å². The second kappa shape index (κ2) is 15.2. The summed E-state index contributed by atoms with van der Waals surface area (Å²) in [5, 5.41) is 8.84. The van der Waals surface area contributed by atoms with Crippen molar-refractivity contribution in [3.63, 3.8) is 0 Å². The molecular formula is C32H29ClN3O6PS-. The van der Waals surface area contributed by atoms with E-state index in [-0.39, 0.29) is 11.7 Å². The number of carbonyl (C=O) groups is 1. The standard InChI is InChI=1S/C32H29N3O2PS.ClHO4/c1-24-18-20-25(21-19-24)35-31-30(32(34-23-33-31)39-22-29(36)37-2)38(26-12-6-3-7-13-26,27-14-8-4-9-15-27)28-16-10-5-11-17-28;2-1(3,4)5/h3-21,23H,22H2,1-2H3,(H,33,34,35);(H,2,3,4,5)/p-1. The molecule has 12 heteroatoms. The Balaban J connectivity index is 0.000000818. The van der Waals surface area contributed by atoms with Crippen LogP contribution in [-0.2, 0) is 9.53 Å². The summed E-state index contributed by atoms with van der Waals surface area (Å²) in [6.07, 6.45) is 1.56. The van der Waals surface area contributed by atoms with Crippen molar-refractivity contribution in [3.05, 3.63) is 127 Å². The molecule has 0 unspecified atom stereocenters. The van der Waals surface area contributed by atoms with E-state index >= 15 is 0 Å². The number of benzene rings is 4. The van der Waals surface area contributed by atoms with Gasteiger partial charge in [-0.2, -0.15) is 0 Å². The normalized spacial score (nSPS) is 11.2. The highest BCUT2D eigenvalue weighted by Crippen LogP contribution is 2.57. The third kappa shape index (κ3) is 8.40. The lowest BCUT2D eigenvalue weighted by atomic mass is 10.2. The summed E-state index contributed by atoms with van der Waals surface area (Å²) in [5.74, 6) is 0.551. The Bertz CT molecular complexity index is 1540. The van der Waals surface area contributed by atoms with Crippen LogP contribution in [0.15, 0.2) is 127 Å². The average molecular weight is 650 g/mol. The fraction of sp³-hybridized carbons (Fsp3) is 0.0938. The van der Waals surface area contributed by atoms with E-state index in [2.05, 4.69) is 109 Å². The highest BCUT2D eigenvalue weighted by atomic mass is 35.7. The van der Waals surface area contributed by atoms with E-state index in [9.17, 15) is 4.79 Å². The Kier molecular flexibility index (Phi) is 11.4. The Morgan fingerprint density at radius 1 is 0.773 bits per heavy atom. The summed E-state index contributed by atoms with van der Waals surface area (Å²) >= 11 is 1.38. The Morgan fingerprint density at radius 3 is 1.66 bits per heavy atom. The fourth-order valence-corrected chi connectivity index (χ4v) is 10.2. The Morgan fingerprint density at radius 2 is 1.23 bits per heavy atom. The number of aromatic nitrogens is 2. The first-order valence-electron chi connectivity index (χ1n) is 13.2. The van der Waals surface area contributed by atoms with Crippen molar-refractivity contribution in [1.82, 2.24) is 9.97 Å². The molecule has 1 radical (unpaired) electrons. The largest absolute Gasteiger partial charge is 0.468 e. The van der Waals surface area contributed by atoms with Gasteiger partial charge in [0, 0.05) is 5.69 Å². The minimum Gasteiger partial charge on any atom is -0.468 e. The SMILES string of the molecule is COC(=O)CSc1ncnc(Nc2ccc(C)cc2)c1[P](c1ccccc1)(c1ccccc1)c1ccccc1.[O-][Cl+3]([O-])([O-])[O-]. The quantitative estimate of drug-likeness (QED) is 0.104. The van der Waals surface area contributed by atoms with Gasteiger partial charge >= 0.3 is 5.97 Å². The predicted octanol–water partition coefficient (Wildman–Crippen LogP) is 0.657. The molecule has 0 spiro atoms. The molecule has 9 nitrogen and oxygen atoms in total. The van der Waals surface area contributed by atoms with Crippen LogP contribution in [-0.4, -0.2) is 28.8 Å². The van der Waals surface area contributed by atoms with Gasteiger partial charge in [-0.25, -0.2) is 28.6 Å². The summed E-state index contributed by atoms with van der Waals surface area (Å²) in [4.78, 5) is 21.9. The maximum atomic E-state index is 12.3. The van der Waals surface area contributed by atoms with Gasteiger partial charge in [0.1, 0.15) is 17.2 Å². The van der Waals surface area contributed by atoms with Gasteiger partial charge in [-0.05, 0) is 42.2 Å². The number of thioether (sulfide) groups is 1. The van der Waals surface area contributed by atoms with Crippen molar-refractivity contribution >= 4 is 57.7 Å². The monoisotopic (exact) mass is 649 g/mol. The molecule has 0 amide bonds. The van der Waals surface area contributed by atoms with E-state index in [0.717, 1.165) is 16.0 Å². The number of carbonyl (C=O) groups excluding carboxylic acids is 1. The second-order valence-electron chi connectivity index (χ2n) is 9.29. The van der Waals surface area contributed by atoms with Crippen LogP contribution in [0, 0.1) is 17.2 Å². The molecule has 1 N–H and O–H groups in total. The number of aryl methyl sites for hydroxylation is 1. The van der Waals surface area contributed by atoms with Crippen molar-refractivity contribution in [2.45, 2.75) is 11.9 Å². The molecule has 1 heterocycles. The molecule has 0 fully saturated rings. The van der Waals surface area contributed by atoms with Crippen LogP contribution in [0.2, 0.25) is 0 Å². The number of nitrogens with one attached hydrogen (secondary N) is 1. The zero-order valence-electron chi connectivity index (χ0n) is 23.8. The van der Waals surface area contributed by atoms with Crippen LogP contribution in [0.5, 0.6) is 0 Å². The van der Waals surface area contributed by atoms with Gasteiger partial charge in [0.2, 0.25) is 0 Å². The van der Waals surface area contributed by atoms with Crippen LogP contribution >= 0.6 is 19.0 Å². The molecule has 0 saturated carbocycles. The van der Waals surface area contributed by atoms with Crippen LogP contribution < -0.4 is 45.2 Å². The Hall–Kier alpha value is -3.86. The van der Waals surface area contributed by atoms with E-state index in [4.69, 9.17) is 33.3 Å². The molecular weight excluding hydrogens is 621 g/mol. The first kappa shape index (κ1) is 33.0. The number of halogens is 1. The zero-order valence-corrected chi connectivity index (χ0v) is 26.3. The van der Waals surface area contributed by atoms with E-state index in [0.29, 0.717) is 5.82 Å². The number of hydrogen-bond donors (Lipinski definition) is 1. The number of esters is 1. The molecule has 0 aliphatic heterocycles. The third-order valence-electron chi connectivity index (χ3n) is 6.42. The maximum absolute atomic E-state index is 12.3. The summed E-state index contributed by atoms with van der Waals surface area (Å²) in [7, 11) is -6.09. The van der Waals surface area contributed by atoms with Gasteiger partial charge in [0.25, 0.3) is 0 Å². The van der Waals surface area contributed by atoms with Crippen LogP contribution in [0.4, 0.5) is 11.5 Å². The van der Waals surface area contributed by atoms with Gasteiger partial charge < -0.3 is 10.1 Å². The number of ether oxygens (including phenoxy) is 1. The fourth-order valence-electron chi connectivity index (χ4n) is 4.61. The maximum Gasteiger partial charge on any atom is 0.316 e. The van der Waals surface area contributed by atoms with E-state index < -0.39 is 17.5 Å². The summed E-state index contributed by atoms with van der Waals surface area (Å²) in [6, 6.07) is 39.9. The van der Waals surface area contributed by atoms with Gasteiger partial charge in [-0.15, -0.1) is 10.2 Å². The van der Waals surface area contributed by atoms with Crippen LogP contribution in [0.3, 0.4) is 0 Å². The molecule has 5 aromatic rings. The summed E-state index contributed by atoms with van der Waals surface area (Å²) < 4.78 is 39.0. The highest BCUT2D eigenvalue weighted by molar-refractivity contribution is 8.04. The lowest BCUT2D eigenvalue weighted by Crippen LogP contribution is -2.68.